The number of ketones is 1. The first-order valence-electron chi connectivity index (χ1n) is 9.41. The van der Waals surface area contributed by atoms with Gasteiger partial charge < -0.3 is 0 Å². The summed E-state index contributed by atoms with van der Waals surface area (Å²) in [7, 11) is 0. The maximum absolute atomic E-state index is 13.2. The highest BCUT2D eigenvalue weighted by Gasteiger charge is 2.44. The van der Waals surface area contributed by atoms with Crippen LogP contribution >= 0.6 is 0 Å². The maximum Gasteiger partial charge on any atom is 0.232 e. The zero-order chi connectivity index (χ0) is 19.2. The highest BCUT2D eigenvalue weighted by Crippen LogP contribution is 2.47. The third kappa shape index (κ3) is 3.20. The van der Waals surface area contributed by atoms with Gasteiger partial charge in [-0.2, -0.15) is 0 Å². The molecule has 4 nitrogen and oxygen atoms in total. The van der Waals surface area contributed by atoms with Crippen molar-refractivity contribution in [1.82, 2.24) is 4.98 Å². The van der Waals surface area contributed by atoms with Gasteiger partial charge in [-0.25, -0.2) is 0 Å². The van der Waals surface area contributed by atoms with Crippen molar-refractivity contribution in [2.45, 2.75) is 46.0 Å². The lowest BCUT2D eigenvalue weighted by Gasteiger charge is -2.42. The van der Waals surface area contributed by atoms with E-state index < -0.39 is 0 Å². The van der Waals surface area contributed by atoms with Crippen molar-refractivity contribution in [3.63, 3.8) is 0 Å². The predicted octanol–water partition coefficient (Wildman–Crippen LogP) is 4.55. The first kappa shape index (κ1) is 17.7. The fraction of sp³-hybridized carbons (Fsp3) is 0.348. The quantitative estimate of drug-likeness (QED) is 0.789. The molecule has 0 saturated heterocycles. The second-order valence-corrected chi connectivity index (χ2v) is 8.41. The average Bonchev–Trinajstić information content (AvgIpc) is 2.61. The Morgan fingerprint density at radius 3 is 2.48 bits per heavy atom. The largest absolute Gasteiger partial charge is 0.294 e. The number of nitrogens with zero attached hydrogens (tertiary/aromatic N) is 2. The Balaban J connectivity index is 1.89. The van der Waals surface area contributed by atoms with Crippen LogP contribution in [0.1, 0.15) is 50.2 Å². The Morgan fingerprint density at radius 2 is 1.81 bits per heavy atom. The van der Waals surface area contributed by atoms with Gasteiger partial charge in [0, 0.05) is 36.2 Å². The molecule has 0 radical (unpaired) electrons. The number of carbonyl (C=O) groups excluding carboxylic acids is 2. The molecule has 138 valence electrons. The molecule has 1 unspecified atom stereocenters. The van der Waals surface area contributed by atoms with Crippen molar-refractivity contribution in [3.8, 4) is 0 Å². The van der Waals surface area contributed by atoms with E-state index in [1.807, 2.05) is 43.3 Å². The van der Waals surface area contributed by atoms with Crippen molar-refractivity contribution in [2.24, 2.45) is 5.41 Å². The Hall–Kier alpha value is -2.75. The van der Waals surface area contributed by atoms with Crippen LogP contribution in [-0.4, -0.2) is 16.7 Å². The molecular weight excluding hydrogens is 336 g/mol. The summed E-state index contributed by atoms with van der Waals surface area (Å²) >= 11 is 0. The van der Waals surface area contributed by atoms with E-state index in [-0.39, 0.29) is 23.0 Å². The lowest BCUT2D eigenvalue weighted by molar-refractivity contribution is -0.121. The predicted molar refractivity (Wildman–Crippen MR) is 105 cm³/mol. The van der Waals surface area contributed by atoms with E-state index >= 15 is 0 Å². The molecule has 4 heteroatoms. The van der Waals surface area contributed by atoms with Gasteiger partial charge in [0.15, 0.2) is 5.78 Å². The number of hydrogen-bond acceptors (Lipinski definition) is 3. The fourth-order valence-electron chi connectivity index (χ4n) is 4.28. The van der Waals surface area contributed by atoms with Crippen molar-refractivity contribution in [3.05, 3.63) is 71.2 Å². The second-order valence-electron chi connectivity index (χ2n) is 8.41. The third-order valence-corrected chi connectivity index (χ3v) is 5.53. The number of carbonyl (C=O) groups is 2. The van der Waals surface area contributed by atoms with Crippen LogP contribution < -0.4 is 4.90 Å². The van der Waals surface area contributed by atoms with Crippen LogP contribution in [0, 0.1) is 12.3 Å². The summed E-state index contributed by atoms with van der Waals surface area (Å²) in [5.74, 6) is 0.0238. The molecule has 27 heavy (non-hydrogen) atoms. The summed E-state index contributed by atoms with van der Waals surface area (Å²) in [5, 5.41) is 0. The third-order valence-electron chi connectivity index (χ3n) is 5.53. The fourth-order valence-corrected chi connectivity index (χ4v) is 4.28. The van der Waals surface area contributed by atoms with E-state index in [9.17, 15) is 9.59 Å². The van der Waals surface area contributed by atoms with Crippen molar-refractivity contribution < 1.29 is 9.59 Å². The summed E-state index contributed by atoms with van der Waals surface area (Å²) in [4.78, 5) is 32.2. The molecule has 2 aromatic rings. The highest BCUT2D eigenvalue weighted by atomic mass is 16.2. The molecule has 1 aliphatic heterocycles. The number of benzene rings is 1. The molecule has 4 rings (SSSR count). The lowest BCUT2D eigenvalue weighted by atomic mass is 9.69. The Labute approximate surface area is 159 Å². The minimum atomic E-state index is -0.162. The summed E-state index contributed by atoms with van der Waals surface area (Å²) in [6.45, 7) is 6.23. The molecular formula is C23H24N2O2. The minimum Gasteiger partial charge on any atom is -0.294 e. The van der Waals surface area contributed by atoms with Crippen molar-refractivity contribution in [1.29, 1.82) is 0 Å². The maximum atomic E-state index is 13.2. The van der Waals surface area contributed by atoms with Crippen molar-refractivity contribution >= 4 is 17.4 Å². The number of aromatic nitrogens is 1. The summed E-state index contributed by atoms with van der Waals surface area (Å²) in [6.07, 6.45) is 4.92. The van der Waals surface area contributed by atoms with E-state index in [1.165, 1.54) is 5.56 Å². The van der Waals surface area contributed by atoms with Gasteiger partial charge in [-0.1, -0.05) is 43.7 Å². The van der Waals surface area contributed by atoms with E-state index in [0.29, 0.717) is 19.3 Å². The number of Topliss-reactive ketones (excluding diaryl/α,β-unsaturated/α-hetero) is 1. The van der Waals surface area contributed by atoms with Gasteiger partial charge in [0.2, 0.25) is 5.91 Å². The van der Waals surface area contributed by atoms with E-state index in [4.69, 9.17) is 0 Å². The normalized spacial score (nSPS) is 22.0. The number of allylic oxidation sites excluding steroid dienone is 2. The molecule has 0 bridgehead atoms. The molecule has 1 aromatic carbocycles. The van der Waals surface area contributed by atoms with Crippen LogP contribution in [0.4, 0.5) is 5.69 Å². The minimum absolute atomic E-state index is 0.0258. The van der Waals surface area contributed by atoms with Crippen molar-refractivity contribution in [2.75, 3.05) is 4.90 Å². The number of aryl methyl sites for hydroxylation is 1. The van der Waals surface area contributed by atoms with Crippen LogP contribution in [0.2, 0.25) is 0 Å². The molecule has 1 aromatic heterocycles. The number of amides is 1. The number of anilines is 1. The van der Waals surface area contributed by atoms with Gasteiger partial charge >= 0.3 is 0 Å². The Bertz CT molecular complexity index is 927. The Kier molecular flexibility index (Phi) is 4.22. The zero-order valence-corrected chi connectivity index (χ0v) is 16.0. The van der Waals surface area contributed by atoms with E-state index in [0.717, 1.165) is 22.5 Å². The molecule has 1 atom stereocenters. The van der Waals surface area contributed by atoms with Crippen LogP contribution in [0.25, 0.3) is 0 Å². The second kappa shape index (κ2) is 6.45. The first-order valence-corrected chi connectivity index (χ1v) is 9.41. The summed E-state index contributed by atoms with van der Waals surface area (Å²) in [6, 6.07) is 11.9. The standard InChI is InChI=1S/C23H24N2O2/c1-15-6-8-16(9-7-15)18-11-21(27)25(17-5-4-10-24-14-17)19-12-23(2,3)13-20(26)22(18)19/h4-10,14,18H,11-13H2,1-3H3. The Morgan fingerprint density at radius 1 is 1.07 bits per heavy atom. The molecule has 0 saturated carbocycles. The van der Waals surface area contributed by atoms with Gasteiger partial charge in [-0.3, -0.25) is 19.5 Å². The SMILES string of the molecule is Cc1ccc(C2CC(=O)N(c3cccnc3)C3=C2C(=O)CC(C)(C)C3)cc1. The molecule has 0 N–H and O–H groups in total. The average molecular weight is 360 g/mol. The number of rotatable bonds is 2. The van der Waals surface area contributed by atoms with E-state index in [1.54, 1.807) is 17.3 Å². The molecule has 0 spiro atoms. The van der Waals surface area contributed by atoms with Crippen LogP contribution in [0.3, 0.4) is 0 Å². The van der Waals surface area contributed by atoms with Gasteiger partial charge in [-0.05, 0) is 36.5 Å². The van der Waals surface area contributed by atoms with Gasteiger partial charge in [-0.15, -0.1) is 0 Å². The molecule has 2 heterocycles. The molecule has 1 amide bonds. The van der Waals surface area contributed by atoms with Gasteiger partial charge in [0.05, 0.1) is 11.9 Å². The lowest BCUT2D eigenvalue weighted by Crippen LogP contribution is -2.43. The van der Waals surface area contributed by atoms with Crippen LogP contribution in [0.5, 0.6) is 0 Å². The molecule has 1 aliphatic carbocycles. The molecule has 0 fully saturated rings. The summed E-state index contributed by atoms with van der Waals surface area (Å²) in [5.41, 5.74) is 4.45. The monoisotopic (exact) mass is 360 g/mol. The van der Waals surface area contributed by atoms with Gasteiger partial charge in [0.1, 0.15) is 0 Å². The topological polar surface area (TPSA) is 50.3 Å². The summed E-state index contributed by atoms with van der Waals surface area (Å²) < 4.78 is 0. The number of hydrogen-bond donors (Lipinski definition) is 0. The smallest absolute Gasteiger partial charge is 0.232 e. The van der Waals surface area contributed by atoms with Crippen LogP contribution in [-0.2, 0) is 9.59 Å². The highest BCUT2D eigenvalue weighted by molar-refractivity contribution is 6.07. The van der Waals surface area contributed by atoms with Gasteiger partial charge in [0.25, 0.3) is 0 Å². The van der Waals surface area contributed by atoms with Crippen LogP contribution in [0.15, 0.2) is 60.1 Å². The first-order chi connectivity index (χ1) is 12.9. The van der Waals surface area contributed by atoms with E-state index in [2.05, 4.69) is 18.8 Å². The number of pyridine rings is 1. The zero-order valence-electron chi connectivity index (χ0n) is 16.0. The molecule has 2 aliphatic rings.